The van der Waals surface area contributed by atoms with Gasteiger partial charge in [-0.2, -0.15) is 4.99 Å². The molecule has 0 saturated heterocycles. The Labute approximate surface area is 139 Å². The van der Waals surface area contributed by atoms with E-state index < -0.39 is 10.6 Å². The molecule has 24 heavy (non-hydrogen) atoms. The highest BCUT2D eigenvalue weighted by molar-refractivity contribution is 6.06. The number of hydrogen-bond donors (Lipinski definition) is 2. The van der Waals surface area contributed by atoms with E-state index in [1.165, 1.54) is 19.2 Å². The molecule has 9 heteroatoms. The van der Waals surface area contributed by atoms with Crippen molar-refractivity contribution in [2.75, 3.05) is 12.0 Å². The Kier molecular flexibility index (Phi) is 4.00. The molecule has 0 atom stereocenters. The first-order valence-electron chi connectivity index (χ1n) is 7.79. The maximum Gasteiger partial charge on any atom is 0.271 e. The van der Waals surface area contributed by atoms with Crippen LogP contribution in [-0.4, -0.2) is 29.6 Å². The number of nitro benzene ring substituents is 1. The Hall–Kier alpha value is -2.84. The van der Waals surface area contributed by atoms with Gasteiger partial charge in [-0.3, -0.25) is 15.0 Å². The molecule has 0 bridgehead atoms. The molecular formula is C15H20N6O3. The second kappa shape index (κ2) is 5.99. The highest BCUT2D eigenvalue weighted by Crippen LogP contribution is 2.43. The summed E-state index contributed by atoms with van der Waals surface area (Å²) in [5, 5.41) is 11.2. The Morgan fingerprint density at radius 2 is 2.00 bits per heavy atom. The number of hydrogen-bond acceptors (Lipinski definition) is 8. The van der Waals surface area contributed by atoms with Crippen LogP contribution in [0.2, 0.25) is 0 Å². The van der Waals surface area contributed by atoms with E-state index >= 15 is 0 Å². The molecule has 1 spiro atoms. The molecule has 1 heterocycles. The minimum Gasteiger partial charge on any atom is -0.495 e. The lowest BCUT2D eigenvalue weighted by Gasteiger charge is -2.45. The molecule has 9 nitrogen and oxygen atoms in total. The fraction of sp³-hybridized carbons (Fsp3) is 0.467. The molecule has 0 aromatic heterocycles. The third kappa shape index (κ3) is 2.61. The highest BCUT2D eigenvalue weighted by Gasteiger charge is 2.44. The minimum absolute atomic E-state index is 0.0490. The van der Waals surface area contributed by atoms with Crippen molar-refractivity contribution < 1.29 is 9.66 Å². The number of benzene rings is 1. The third-order valence-electron chi connectivity index (χ3n) is 4.47. The van der Waals surface area contributed by atoms with Crippen molar-refractivity contribution in [3.8, 4) is 5.75 Å². The van der Waals surface area contributed by atoms with E-state index in [2.05, 4.69) is 9.98 Å². The summed E-state index contributed by atoms with van der Waals surface area (Å²) < 4.78 is 5.39. The number of nitro groups is 1. The van der Waals surface area contributed by atoms with Gasteiger partial charge in [0.05, 0.1) is 17.7 Å². The van der Waals surface area contributed by atoms with Crippen LogP contribution in [0.5, 0.6) is 5.75 Å². The summed E-state index contributed by atoms with van der Waals surface area (Å²) >= 11 is 0. The van der Waals surface area contributed by atoms with Gasteiger partial charge in [-0.15, -0.1) is 0 Å². The van der Waals surface area contributed by atoms with E-state index in [-0.39, 0.29) is 17.6 Å². The summed E-state index contributed by atoms with van der Waals surface area (Å²) in [6.07, 6.45) is 4.54. The lowest BCUT2D eigenvalue weighted by Crippen LogP contribution is -2.58. The number of nitrogens with two attached hydrogens (primary N) is 2. The second-order valence-electron chi connectivity index (χ2n) is 5.93. The van der Waals surface area contributed by atoms with E-state index in [1.54, 1.807) is 11.0 Å². The number of non-ortho nitro benzene ring substituents is 1. The van der Waals surface area contributed by atoms with Crippen molar-refractivity contribution in [3.63, 3.8) is 0 Å². The van der Waals surface area contributed by atoms with Crippen molar-refractivity contribution in [2.45, 2.75) is 37.8 Å². The van der Waals surface area contributed by atoms with Gasteiger partial charge in [0.25, 0.3) is 5.69 Å². The van der Waals surface area contributed by atoms with E-state index in [4.69, 9.17) is 16.2 Å². The van der Waals surface area contributed by atoms with E-state index in [0.29, 0.717) is 11.4 Å². The van der Waals surface area contributed by atoms with Crippen molar-refractivity contribution in [2.24, 2.45) is 21.5 Å². The first-order valence-corrected chi connectivity index (χ1v) is 7.79. The quantitative estimate of drug-likeness (QED) is 0.639. The van der Waals surface area contributed by atoms with Crippen LogP contribution in [0.4, 0.5) is 11.4 Å². The zero-order valence-electron chi connectivity index (χ0n) is 13.4. The zero-order valence-corrected chi connectivity index (χ0v) is 13.4. The van der Waals surface area contributed by atoms with Gasteiger partial charge in [0, 0.05) is 12.1 Å². The lowest BCUT2D eigenvalue weighted by molar-refractivity contribution is -0.384. The predicted octanol–water partition coefficient (Wildman–Crippen LogP) is 1.71. The van der Waals surface area contributed by atoms with Crippen molar-refractivity contribution in [1.29, 1.82) is 0 Å². The van der Waals surface area contributed by atoms with Gasteiger partial charge >= 0.3 is 0 Å². The number of aliphatic imine (C=N–C) groups is 2. The summed E-state index contributed by atoms with van der Waals surface area (Å²) in [5.74, 6) is 0.776. The standard InChI is InChI=1S/C15H20N6O3/c1-24-12-6-5-10(21(22)23)9-11(12)20-14(17)18-13(16)19-15(20)7-3-2-4-8-15/h5-6,9H,2-4,7-8H2,1H3,(H4,16,17,18,19). The van der Waals surface area contributed by atoms with Crippen LogP contribution in [0.25, 0.3) is 0 Å². The number of methoxy groups -OCH3 is 1. The molecule has 4 N–H and O–H groups in total. The van der Waals surface area contributed by atoms with E-state index in [0.717, 1.165) is 32.1 Å². The van der Waals surface area contributed by atoms with Gasteiger partial charge in [-0.05, 0) is 31.7 Å². The van der Waals surface area contributed by atoms with Crippen molar-refractivity contribution >= 4 is 23.3 Å². The van der Waals surface area contributed by atoms with Gasteiger partial charge in [-0.1, -0.05) is 6.42 Å². The number of rotatable bonds is 3. The minimum atomic E-state index is -0.670. The molecule has 0 radical (unpaired) electrons. The second-order valence-corrected chi connectivity index (χ2v) is 5.93. The Morgan fingerprint density at radius 1 is 1.29 bits per heavy atom. The Morgan fingerprint density at radius 3 is 2.62 bits per heavy atom. The summed E-state index contributed by atoms with van der Waals surface area (Å²) in [6, 6.07) is 4.39. The van der Waals surface area contributed by atoms with Crippen LogP contribution in [-0.2, 0) is 0 Å². The fourth-order valence-electron chi connectivity index (χ4n) is 3.44. The topological polar surface area (TPSA) is 132 Å². The molecule has 1 aliphatic heterocycles. The highest BCUT2D eigenvalue weighted by atomic mass is 16.6. The molecule has 1 saturated carbocycles. The maximum atomic E-state index is 11.2. The van der Waals surface area contributed by atoms with Gasteiger partial charge in [0.1, 0.15) is 11.4 Å². The number of guanidine groups is 2. The van der Waals surface area contributed by atoms with Crippen LogP contribution in [0, 0.1) is 10.1 Å². The monoisotopic (exact) mass is 332 g/mol. The van der Waals surface area contributed by atoms with Crippen molar-refractivity contribution in [3.05, 3.63) is 28.3 Å². The van der Waals surface area contributed by atoms with E-state index in [9.17, 15) is 10.1 Å². The summed E-state index contributed by atoms with van der Waals surface area (Å²) in [5.41, 5.74) is 11.7. The van der Waals surface area contributed by atoms with Gasteiger partial charge in [0.15, 0.2) is 0 Å². The molecule has 2 aliphatic rings. The lowest BCUT2D eigenvalue weighted by atomic mass is 9.87. The smallest absolute Gasteiger partial charge is 0.271 e. The number of anilines is 1. The van der Waals surface area contributed by atoms with Crippen LogP contribution in [0.15, 0.2) is 28.2 Å². The number of nitrogens with zero attached hydrogens (tertiary/aromatic N) is 4. The largest absolute Gasteiger partial charge is 0.495 e. The third-order valence-corrected chi connectivity index (χ3v) is 4.47. The first kappa shape index (κ1) is 16.0. The van der Waals surface area contributed by atoms with Gasteiger partial charge in [-0.25, -0.2) is 4.99 Å². The average molecular weight is 332 g/mol. The molecule has 0 unspecified atom stereocenters. The van der Waals surface area contributed by atoms with Crippen molar-refractivity contribution in [1.82, 2.24) is 0 Å². The Bertz CT molecular complexity index is 724. The maximum absolute atomic E-state index is 11.2. The summed E-state index contributed by atoms with van der Waals surface area (Å²) in [4.78, 5) is 21.1. The molecule has 1 aromatic carbocycles. The van der Waals surface area contributed by atoms with Gasteiger partial charge in [0.2, 0.25) is 11.9 Å². The zero-order chi connectivity index (χ0) is 17.3. The van der Waals surface area contributed by atoms with E-state index in [1.807, 2.05) is 0 Å². The first-order chi connectivity index (χ1) is 11.5. The Balaban J connectivity index is 2.16. The predicted molar refractivity (Wildman–Crippen MR) is 91.2 cm³/mol. The van der Waals surface area contributed by atoms with Crippen LogP contribution < -0.4 is 21.1 Å². The fourth-order valence-corrected chi connectivity index (χ4v) is 3.44. The van der Waals surface area contributed by atoms with Crippen LogP contribution in [0.1, 0.15) is 32.1 Å². The molecule has 1 aliphatic carbocycles. The molecule has 128 valence electrons. The average Bonchev–Trinajstić information content (AvgIpc) is 2.54. The summed E-state index contributed by atoms with van der Waals surface area (Å²) in [6.45, 7) is 0. The molecule has 3 rings (SSSR count). The summed E-state index contributed by atoms with van der Waals surface area (Å²) in [7, 11) is 1.51. The van der Waals surface area contributed by atoms with Crippen LogP contribution >= 0.6 is 0 Å². The van der Waals surface area contributed by atoms with Gasteiger partial charge < -0.3 is 16.2 Å². The number of ether oxygens (including phenoxy) is 1. The molecular weight excluding hydrogens is 312 g/mol. The normalized spacial score (nSPS) is 19.6. The van der Waals surface area contributed by atoms with Crippen LogP contribution in [0.3, 0.4) is 0 Å². The molecule has 1 aromatic rings. The molecule has 1 fully saturated rings. The molecule has 0 amide bonds. The SMILES string of the molecule is COc1ccc([N+](=O)[O-])cc1N1C(N)=NC(N)=NC12CCCCC2.